The standard InChI is InChI=1S/C14H25O7P/c1-13(2)9-14(11(15)18-3,12(16)19-4)7-10(13)8-22(17,20-5)21-6/h10H,7-9H2,1-6H3. The third-order valence-corrected chi connectivity index (χ3v) is 6.61. The smallest absolute Gasteiger partial charge is 0.330 e. The molecule has 1 unspecified atom stereocenters. The average Bonchev–Trinajstić information content (AvgIpc) is 2.77. The van der Waals surface area contributed by atoms with Gasteiger partial charge in [-0.15, -0.1) is 0 Å². The first-order valence-electron chi connectivity index (χ1n) is 6.98. The normalized spacial score (nSPS) is 23.1. The van der Waals surface area contributed by atoms with Crippen molar-refractivity contribution in [1.82, 2.24) is 0 Å². The summed E-state index contributed by atoms with van der Waals surface area (Å²) in [4.78, 5) is 24.4. The largest absolute Gasteiger partial charge is 0.468 e. The molecule has 0 radical (unpaired) electrons. The molecule has 128 valence electrons. The van der Waals surface area contributed by atoms with Crippen molar-refractivity contribution in [3.63, 3.8) is 0 Å². The van der Waals surface area contributed by atoms with Crippen molar-refractivity contribution in [1.29, 1.82) is 0 Å². The molecule has 1 aliphatic carbocycles. The first-order valence-corrected chi connectivity index (χ1v) is 8.71. The topological polar surface area (TPSA) is 88.1 Å². The SMILES string of the molecule is COC(=O)C1(C(=O)OC)CC(CP(=O)(OC)OC)C(C)(C)C1. The summed E-state index contributed by atoms with van der Waals surface area (Å²) in [5.41, 5.74) is -1.79. The molecule has 0 saturated heterocycles. The van der Waals surface area contributed by atoms with E-state index in [1.165, 1.54) is 28.4 Å². The molecule has 22 heavy (non-hydrogen) atoms. The molecule has 1 fully saturated rings. The van der Waals surface area contributed by atoms with Gasteiger partial charge in [-0.2, -0.15) is 0 Å². The fourth-order valence-corrected chi connectivity index (χ4v) is 4.89. The first-order chi connectivity index (χ1) is 10.1. The molecule has 1 rings (SSSR count). The van der Waals surface area contributed by atoms with E-state index < -0.39 is 30.4 Å². The maximum atomic E-state index is 12.4. The van der Waals surface area contributed by atoms with Crippen molar-refractivity contribution in [2.24, 2.45) is 16.7 Å². The molecule has 1 aliphatic rings. The number of carbonyl (C=O) groups is 2. The number of methoxy groups -OCH3 is 2. The fraction of sp³-hybridized carbons (Fsp3) is 0.857. The molecule has 1 atom stereocenters. The van der Waals surface area contributed by atoms with E-state index in [-0.39, 0.29) is 24.9 Å². The molecule has 7 nitrogen and oxygen atoms in total. The minimum absolute atomic E-state index is 0.128. The van der Waals surface area contributed by atoms with Gasteiger partial charge < -0.3 is 18.5 Å². The van der Waals surface area contributed by atoms with Crippen molar-refractivity contribution >= 4 is 19.5 Å². The Kier molecular flexibility index (Phi) is 5.82. The fourth-order valence-electron chi connectivity index (χ4n) is 3.28. The predicted octanol–water partition coefficient (Wildman–Crippen LogP) is 2.24. The summed E-state index contributed by atoms with van der Waals surface area (Å²) in [5.74, 6) is -1.46. The van der Waals surface area contributed by atoms with E-state index in [4.69, 9.17) is 18.5 Å². The number of rotatable bonds is 6. The Hall–Kier alpha value is -0.910. The second-order valence-electron chi connectivity index (χ2n) is 6.29. The zero-order valence-electron chi connectivity index (χ0n) is 14.0. The summed E-state index contributed by atoms with van der Waals surface area (Å²) in [7, 11) is 1.87. The highest BCUT2D eigenvalue weighted by Gasteiger charge is 2.61. The van der Waals surface area contributed by atoms with Gasteiger partial charge in [-0.1, -0.05) is 13.8 Å². The van der Waals surface area contributed by atoms with Gasteiger partial charge in [-0.3, -0.25) is 14.2 Å². The summed E-state index contributed by atoms with van der Waals surface area (Å²) >= 11 is 0. The molecule has 8 heteroatoms. The third kappa shape index (κ3) is 3.36. The summed E-state index contributed by atoms with van der Waals surface area (Å²) < 4.78 is 32.0. The molecule has 0 heterocycles. The van der Waals surface area contributed by atoms with Gasteiger partial charge in [0.2, 0.25) is 0 Å². The maximum absolute atomic E-state index is 12.4. The van der Waals surface area contributed by atoms with Gasteiger partial charge in [-0.25, -0.2) is 0 Å². The number of carbonyl (C=O) groups excluding carboxylic acids is 2. The Balaban J connectivity index is 3.17. The van der Waals surface area contributed by atoms with E-state index in [0.717, 1.165) is 0 Å². The molecular weight excluding hydrogens is 311 g/mol. The maximum Gasteiger partial charge on any atom is 0.330 e. The Labute approximate surface area is 131 Å². The van der Waals surface area contributed by atoms with Crippen LogP contribution in [0.1, 0.15) is 26.7 Å². The molecular formula is C14H25O7P. The molecule has 0 aromatic rings. The average molecular weight is 336 g/mol. The van der Waals surface area contributed by atoms with Crippen molar-refractivity contribution in [2.45, 2.75) is 26.7 Å². The quantitative estimate of drug-likeness (QED) is 0.417. The van der Waals surface area contributed by atoms with E-state index in [9.17, 15) is 14.2 Å². The lowest BCUT2D eigenvalue weighted by molar-refractivity contribution is -0.169. The summed E-state index contributed by atoms with van der Waals surface area (Å²) in [6.07, 6.45) is 0.580. The molecule has 0 N–H and O–H groups in total. The van der Waals surface area contributed by atoms with Crippen molar-refractivity contribution in [3.05, 3.63) is 0 Å². The van der Waals surface area contributed by atoms with Crippen molar-refractivity contribution in [3.8, 4) is 0 Å². The van der Waals surface area contributed by atoms with Gasteiger partial charge in [0.1, 0.15) is 0 Å². The second kappa shape index (κ2) is 6.69. The van der Waals surface area contributed by atoms with Crippen molar-refractivity contribution in [2.75, 3.05) is 34.6 Å². The van der Waals surface area contributed by atoms with Crippen LogP contribution in [0.25, 0.3) is 0 Å². The molecule has 0 amide bonds. The summed E-state index contributed by atoms with van der Waals surface area (Å²) in [6, 6.07) is 0. The van der Waals surface area contributed by atoms with Crippen LogP contribution in [-0.2, 0) is 32.7 Å². The summed E-state index contributed by atoms with van der Waals surface area (Å²) in [6.45, 7) is 3.84. The Bertz CT molecular complexity index is 462. The molecule has 0 bridgehead atoms. The highest BCUT2D eigenvalue weighted by Crippen LogP contribution is 2.60. The first kappa shape index (κ1) is 19.1. The number of esters is 2. The van der Waals surface area contributed by atoms with Crippen LogP contribution < -0.4 is 0 Å². The Morgan fingerprint density at radius 2 is 1.50 bits per heavy atom. The zero-order valence-corrected chi connectivity index (χ0v) is 14.9. The van der Waals surface area contributed by atoms with E-state index in [1.54, 1.807) is 0 Å². The monoisotopic (exact) mass is 336 g/mol. The molecule has 0 spiro atoms. The molecule has 0 aliphatic heterocycles. The number of ether oxygens (including phenoxy) is 2. The van der Waals surface area contributed by atoms with E-state index in [2.05, 4.69) is 0 Å². The lowest BCUT2D eigenvalue weighted by Crippen LogP contribution is -2.39. The van der Waals surface area contributed by atoms with Crippen LogP contribution in [0, 0.1) is 16.7 Å². The third-order valence-electron chi connectivity index (χ3n) is 4.61. The molecule has 0 aromatic carbocycles. The Morgan fingerprint density at radius 3 is 1.86 bits per heavy atom. The van der Waals surface area contributed by atoms with Gasteiger partial charge in [-0.05, 0) is 24.2 Å². The highest BCUT2D eigenvalue weighted by molar-refractivity contribution is 7.53. The number of hydrogen-bond acceptors (Lipinski definition) is 7. The van der Waals surface area contributed by atoms with E-state index in [1.807, 2.05) is 13.8 Å². The lowest BCUT2D eigenvalue weighted by Gasteiger charge is -2.28. The minimum atomic E-state index is -3.25. The Morgan fingerprint density at radius 1 is 1.05 bits per heavy atom. The highest BCUT2D eigenvalue weighted by atomic mass is 31.2. The van der Waals surface area contributed by atoms with Gasteiger partial charge >= 0.3 is 19.5 Å². The molecule has 1 saturated carbocycles. The van der Waals surface area contributed by atoms with Gasteiger partial charge in [0, 0.05) is 14.2 Å². The van der Waals surface area contributed by atoms with Gasteiger partial charge in [0.25, 0.3) is 0 Å². The van der Waals surface area contributed by atoms with Crippen LogP contribution in [0.3, 0.4) is 0 Å². The predicted molar refractivity (Wildman–Crippen MR) is 79.5 cm³/mol. The van der Waals surface area contributed by atoms with Crippen LogP contribution in [-0.4, -0.2) is 46.5 Å². The summed E-state index contributed by atoms with van der Waals surface area (Å²) in [5, 5.41) is 0. The van der Waals surface area contributed by atoms with Gasteiger partial charge in [0.15, 0.2) is 5.41 Å². The lowest BCUT2D eigenvalue weighted by atomic mass is 9.80. The van der Waals surface area contributed by atoms with Crippen molar-refractivity contribution < 1.29 is 32.7 Å². The van der Waals surface area contributed by atoms with Crippen LogP contribution in [0.2, 0.25) is 0 Å². The van der Waals surface area contributed by atoms with Gasteiger partial charge in [0.05, 0.1) is 20.4 Å². The van der Waals surface area contributed by atoms with E-state index in [0.29, 0.717) is 0 Å². The second-order valence-corrected chi connectivity index (χ2v) is 8.61. The molecule has 0 aromatic heterocycles. The van der Waals surface area contributed by atoms with Crippen LogP contribution in [0.5, 0.6) is 0 Å². The van der Waals surface area contributed by atoms with Crippen LogP contribution in [0.4, 0.5) is 0 Å². The van der Waals surface area contributed by atoms with E-state index >= 15 is 0 Å². The van der Waals surface area contributed by atoms with Crippen LogP contribution in [0.15, 0.2) is 0 Å². The minimum Gasteiger partial charge on any atom is -0.468 e. The number of hydrogen-bond donors (Lipinski definition) is 0. The zero-order chi connectivity index (χ0) is 17.2. The van der Waals surface area contributed by atoms with Crippen LogP contribution >= 0.6 is 7.60 Å².